The molecule has 0 aliphatic carbocycles. The van der Waals surface area contributed by atoms with Crippen LogP contribution in [0.1, 0.15) is 24.5 Å². The molecule has 2 aromatic carbocycles. The largest absolute Gasteiger partial charge is 0.494 e. The van der Waals surface area contributed by atoms with Crippen molar-refractivity contribution < 1.29 is 9.53 Å². The summed E-state index contributed by atoms with van der Waals surface area (Å²) in [5, 5.41) is 5.75. The van der Waals surface area contributed by atoms with E-state index >= 15 is 0 Å². The zero-order valence-corrected chi connectivity index (χ0v) is 15.2. The summed E-state index contributed by atoms with van der Waals surface area (Å²) in [6.07, 6.45) is 0.987. The molecule has 134 valence electrons. The summed E-state index contributed by atoms with van der Waals surface area (Å²) in [6, 6.07) is 15.7. The molecule has 0 radical (unpaired) electrons. The van der Waals surface area contributed by atoms with E-state index in [0.717, 1.165) is 35.6 Å². The van der Waals surface area contributed by atoms with E-state index in [4.69, 9.17) is 4.74 Å². The van der Waals surface area contributed by atoms with Crippen LogP contribution < -0.4 is 20.3 Å². The Labute approximate surface area is 150 Å². The number of nitrogens with zero attached hydrogens (tertiary/aromatic N) is 1. The molecule has 5 heteroatoms. The lowest BCUT2D eigenvalue weighted by Gasteiger charge is -2.14. The summed E-state index contributed by atoms with van der Waals surface area (Å²) in [6.45, 7) is 3.78. The molecule has 0 aliphatic rings. The van der Waals surface area contributed by atoms with Gasteiger partial charge in [-0.2, -0.15) is 0 Å². The van der Waals surface area contributed by atoms with Gasteiger partial charge >= 0.3 is 6.03 Å². The van der Waals surface area contributed by atoms with Gasteiger partial charge in [0.2, 0.25) is 0 Å². The normalized spacial score (nSPS) is 10.2. The molecule has 2 aromatic rings. The number of anilines is 1. The number of amides is 2. The van der Waals surface area contributed by atoms with Crippen molar-refractivity contribution in [3.63, 3.8) is 0 Å². The molecule has 2 amide bonds. The monoisotopic (exact) mass is 341 g/mol. The molecule has 0 saturated heterocycles. The van der Waals surface area contributed by atoms with Gasteiger partial charge in [0.05, 0.1) is 6.61 Å². The summed E-state index contributed by atoms with van der Waals surface area (Å²) >= 11 is 0. The molecule has 2 rings (SSSR count). The number of hydrogen-bond donors (Lipinski definition) is 2. The molecular formula is C20H27N3O2. The van der Waals surface area contributed by atoms with Crippen molar-refractivity contribution in [2.75, 3.05) is 25.6 Å². The predicted octanol–water partition coefficient (Wildman–Crippen LogP) is 3.54. The van der Waals surface area contributed by atoms with Gasteiger partial charge < -0.3 is 20.3 Å². The van der Waals surface area contributed by atoms with Gasteiger partial charge in [-0.05, 0) is 41.8 Å². The Morgan fingerprint density at radius 1 is 1.00 bits per heavy atom. The van der Waals surface area contributed by atoms with E-state index < -0.39 is 0 Å². The quantitative estimate of drug-likeness (QED) is 0.772. The van der Waals surface area contributed by atoms with Gasteiger partial charge in [-0.25, -0.2) is 4.79 Å². The zero-order chi connectivity index (χ0) is 18.1. The summed E-state index contributed by atoms with van der Waals surface area (Å²) in [4.78, 5) is 14.0. The van der Waals surface area contributed by atoms with Gasteiger partial charge in [-0.1, -0.05) is 31.2 Å². The van der Waals surface area contributed by atoms with Crippen LogP contribution in [0.5, 0.6) is 5.75 Å². The third-order valence-corrected chi connectivity index (χ3v) is 3.73. The highest BCUT2D eigenvalue weighted by atomic mass is 16.5. The maximum Gasteiger partial charge on any atom is 0.315 e. The average Bonchev–Trinajstić information content (AvgIpc) is 2.64. The molecule has 0 aromatic heterocycles. The second kappa shape index (κ2) is 9.57. The Morgan fingerprint density at radius 3 is 2.32 bits per heavy atom. The zero-order valence-electron chi connectivity index (χ0n) is 15.2. The van der Waals surface area contributed by atoms with E-state index in [1.54, 1.807) is 0 Å². The summed E-state index contributed by atoms with van der Waals surface area (Å²) in [5.74, 6) is 0.857. The Hall–Kier alpha value is -2.69. The second-order valence-corrected chi connectivity index (χ2v) is 6.09. The van der Waals surface area contributed by atoms with Crippen molar-refractivity contribution in [2.45, 2.75) is 26.4 Å². The Bertz CT molecular complexity index is 669. The van der Waals surface area contributed by atoms with Crippen LogP contribution in [0.4, 0.5) is 10.5 Å². The van der Waals surface area contributed by atoms with Crippen LogP contribution in [0.3, 0.4) is 0 Å². The number of hydrogen-bond acceptors (Lipinski definition) is 3. The van der Waals surface area contributed by atoms with Gasteiger partial charge in [0.25, 0.3) is 0 Å². The molecule has 0 atom stereocenters. The number of ether oxygens (including phenoxy) is 1. The molecule has 0 bridgehead atoms. The minimum atomic E-state index is -0.179. The predicted molar refractivity (Wildman–Crippen MR) is 102 cm³/mol. The highest BCUT2D eigenvalue weighted by Gasteiger charge is 2.03. The maximum atomic E-state index is 12.0. The first-order chi connectivity index (χ1) is 12.1. The lowest BCUT2D eigenvalue weighted by Crippen LogP contribution is -2.34. The lowest BCUT2D eigenvalue weighted by atomic mass is 10.2. The van der Waals surface area contributed by atoms with Crippen molar-refractivity contribution in [1.82, 2.24) is 10.6 Å². The number of nitrogens with one attached hydrogen (secondary N) is 2. The van der Waals surface area contributed by atoms with Gasteiger partial charge in [-0.15, -0.1) is 0 Å². The van der Waals surface area contributed by atoms with Crippen LogP contribution in [0.25, 0.3) is 0 Å². The fourth-order valence-electron chi connectivity index (χ4n) is 2.30. The third-order valence-electron chi connectivity index (χ3n) is 3.73. The van der Waals surface area contributed by atoms with Gasteiger partial charge in [-0.3, -0.25) is 0 Å². The number of carbonyl (C=O) groups excluding carboxylic acids is 1. The van der Waals surface area contributed by atoms with Crippen LogP contribution in [0.2, 0.25) is 0 Å². The Kier molecular flexibility index (Phi) is 7.14. The minimum absolute atomic E-state index is 0.179. The van der Waals surface area contributed by atoms with Crippen LogP contribution in [0.15, 0.2) is 48.5 Å². The minimum Gasteiger partial charge on any atom is -0.494 e. The van der Waals surface area contributed by atoms with Crippen molar-refractivity contribution in [2.24, 2.45) is 0 Å². The van der Waals surface area contributed by atoms with Crippen LogP contribution in [-0.2, 0) is 13.1 Å². The van der Waals surface area contributed by atoms with Crippen molar-refractivity contribution >= 4 is 11.7 Å². The molecule has 0 saturated carbocycles. The summed E-state index contributed by atoms with van der Waals surface area (Å²) < 4.78 is 5.55. The van der Waals surface area contributed by atoms with Gasteiger partial charge in [0.1, 0.15) is 5.75 Å². The summed E-state index contributed by atoms with van der Waals surface area (Å²) in [7, 11) is 4.00. The molecular weight excluding hydrogens is 314 g/mol. The fraction of sp³-hybridized carbons (Fsp3) is 0.350. The van der Waals surface area contributed by atoms with Crippen molar-refractivity contribution in [1.29, 1.82) is 0 Å². The SMILES string of the molecule is CCCOc1ccc(CNC(=O)NCc2cccc(N(C)C)c2)cc1. The van der Waals surface area contributed by atoms with E-state index in [0.29, 0.717) is 13.1 Å². The highest BCUT2D eigenvalue weighted by Crippen LogP contribution is 2.13. The molecule has 2 N–H and O–H groups in total. The van der Waals surface area contributed by atoms with Crippen LogP contribution in [-0.4, -0.2) is 26.7 Å². The number of urea groups is 1. The van der Waals surface area contributed by atoms with E-state index in [2.05, 4.69) is 23.6 Å². The van der Waals surface area contributed by atoms with E-state index in [1.807, 2.05) is 61.5 Å². The molecule has 0 unspecified atom stereocenters. The lowest BCUT2D eigenvalue weighted by molar-refractivity contribution is 0.240. The van der Waals surface area contributed by atoms with Crippen LogP contribution in [0, 0.1) is 0 Å². The number of rotatable bonds is 8. The molecule has 5 nitrogen and oxygen atoms in total. The highest BCUT2D eigenvalue weighted by molar-refractivity contribution is 5.73. The van der Waals surface area contributed by atoms with E-state index in [1.165, 1.54) is 0 Å². The molecule has 0 heterocycles. The first kappa shape index (κ1) is 18.6. The Morgan fingerprint density at radius 2 is 1.68 bits per heavy atom. The first-order valence-electron chi connectivity index (χ1n) is 8.58. The average molecular weight is 341 g/mol. The smallest absolute Gasteiger partial charge is 0.315 e. The third kappa shape index (κ3) is 6.37. The second-order valence-electron chi connectivity index (χ2n) is 6.09. The molecule has 25 heavy (non-hydrogen) atoms. The summed E-state index contributed by atoms with van der Waals surface area (Å²) in [5.41, 5.74) is 3.22. The van der Waals surface area contributed by atoms with E-state index in [-0.39, 0.29) is 6.03 Å². The molecule has 0 fully saturated rings. The van der Waals surface area contributed by atoms with Crippen molar-refractivity contribution in [3.05, 3.63) is 59.7 Å². The number of carbonyl (C=O) groups is 1. The standard InChI is InChI=1S/C20H27N3O2/c1-4-12-25-19-10-8-16(9-11-19)14-21-20(24)22-15-17-6-5-7-18(13-17)23(2)3/h5-11,13H,4,12,14-15H2,1-3H3,(H2,21,22,24). The molecule has 0 aliphatic heterocycles. The topological polar surface area (TPSA) is 53.6 Å². The van der Waals surface area contributed by atoms with Crippen LogP contribution >= 0.6 is 0 Å². The maximum absolute atomic E-state index is 12.0. The van der Waals surface area contributed by atoms with Gasteiger partial charge in [0.15, 0.2) is 0 Å². The number of benzene rings is 2. The first-order valence-corrected chi connectivity index (χ1v) is 8.58. The van der Waals surface area contributed by atoms with E-state index in [9.17, 15) is 4.79 Å². The Balaban J connectivity index is 1.76. The van der Waals surface area contributed by atoms with Gasteiger partial charge in [0, 0.05) is 32.9 Å². The van der Waals surface area contributed by atoms with Crippen molar-refractivity contribution in [3.8, 4) is 5.75 Å². The fourth-order valence-corrected chi connectivity index (χ4v) is 2.30. The molecule has 0 spiro atoms.